The molecule has 0 radical (unpaired) electrons. The molecule has 2 aliphatic rings. The topological polar surface area (TPSA) is 107 Å². The van der Waals surface area contributed by atoms with Crippen LogP contribution < -0.4 is 5.32 Å². The molecule has 6 rings (SSSR count). The van der Waals surface area contributed by atoms with Crippen molar-refractivity contribution in [1.82, 2.24) is 19.7 Å². The van der Waals surface area contributed by atoms with Gasteiger partial charge in [0.15, 0.2) is 9.84 Å². The molecule has 1 fully saturated rings. The Labute approximate surface area is 259 Å². The van der Waals surface area contributed by atoms with Gasteiger partial charge in [-0.15, -0.1) is 0 Å². The van der Waals surface area contributed by atoms with Gasteiger partial charge in [-0.05, 0) is 67.3 Å². The highest BCUT2D eigenvalue weighted by atomic mass is 32.2. The van der Waals surface area contributed by atoms with Crippen molar-refractivity contribution in [1.29, 1.82) is 0 Å². The number of nitrogens with zero attached hydrogens (tertiary/aromatic N) is 4. The lowest BCUT2D eigenvalue weighted by Crippen LogP contribution is -2.15. The fraction of sp³-hybridized carbons (Fsp3) is 0.257. The Bertz CT molecular complexity index is 1840. The number of nitrogens with one attached hydrogen (secondary N) is 1. The molecule has 9 heteroatoms. The van der Waals surface area contributed by atoms with Crippen LogP contribution in [0.5, 0.6) is 0 Å². The van der Waals surface area contributed by atoms with Crippen molar-refractivity contribution in [3.05, 3.63) is 125 Å². The number of carbonyl (C=O) groups is 1. The number of aromatic nitrogens is 4. The molecular weight excluding hydrogens is 570 g/mol. The fourth-order valence-electron chi connectivity index (χ4n) is 5.47. The Morgan fingerprint density at radius 3 is 2.64 bits per heavy atom. The van der Waals surface area contributed by atoms with E-state index in [1.54, 1.807) is 18.3 Å². The van der Waals surface area contributed by atoms with E-state index in [0.717, 1.165) is 34.5 Å². The normalized spacial score (nSPS) is 16.9. The third-order valence-corrected chi connectivity index (χ3v) is 9.19. The molecule has 0 spiro atoms. The molecule has 1 aliphatic carbocycles. The summed E-state index contributed by atoms with van der Waals surface area (Å²) in [4.78, 5) is 22.1. The van der Waals surface area contributed by atoms with Gasteiger partial charge in [0, 0.05) is 29.4 Å². The minimum atomic E-state index is -3.14. The lowest BCUT2D eigenvalue weighted by molar-refractivity contribution is 0.102. The lowest BCUT2D eigenvalue weighted by Gasteiger charge is -2.16. The lowest BCUT2D eigenvalue weighted by atomic mass is 9.95. The van der Waals surface area contributed by atoms with Gasteiger partial charge in [-0.3, -0.25) is 14.5 Å². The van der Waals surface area contributed by atoms with E-state index >= 15 is 0 Å². The van der Waals surface area contributed by atoms with Gasteiger partial charge >= 0.3 is 0 Å². The van der Waals surface area contributed by atoms with Crippen molar-refractivity contribution in [2.24, 2.45) is 0 Å². The zero-order chi connectivity index (χ0) is 31.1. The SMILES string of the molecule is CC.Cc1cccc(NC(=O)c2cccc(Cc3c(-c4ccccn4)nn(C4CCS(=O)(=O)C4)c3C3=CCC=CC=C3)c2)n1. The molecule has 1 aromatic carbocycles. The van der Waals surface area contributed by atoms with Crippen LogP contribution in [0.2, 0.25) is 0 Å². The number of pyridine rings is 2. The number of benzene rings is 1. The molecule has 1 N–H and O–H groups in total. The van der Waals surface area contributed by atoms with Gasteiger partial charge < -0.3 is 5.32 Å². The van der Waals surface area contributed by atoms with Crippen LogP contribution in [0.3, 0.4) is 0 Å². The van der Waals surface area contributed by atoms with Crippen molar-refractivity contribution in [3.8, 4) is 11.4 Å². The highest BCUT2D eigenvalue weighted by Crippen LogP contribution is 2.36. The van der Waals surface area contributed by atoms with Gasteiger partial charge in [0.05, 0.1) is 28.9 Å². The second kappa shape index (κ2) is 13.8. The Morgan fingerprint density at radius 2 is 1.89 bits per heavy atom. The van der Waals surface area contributed by atoms with Gasteiger partial charge in [0.2, 0.25) is 0 Å². The summed E-state index contributed by atoms with van der Waals surface area (Å²) in [5, 5.41) is 7.95. The van der Waals surface area contributed by atoms with Gasteiger partial charge in [-0.25, -0.2) is 13.4 Å². The van der Waals surface area contributed by atoms with E-state index < -0.39 is 9.84 Å². The first-order valence-corrected chi connectivity index (χ1v) is 16.8. The summed E-state index contributed by atoms with van der Waals surface area (Å²) in [7, 11) is -3.14. The maximum Gasteiger partial charge on any atom is 0.256 e. The molecular formula is C35H37N5O3S. The number of sulfone groups is 1. The van der Waals surface area contributed by atoms with Crippen LogP contribution in [0.1, 0.15) is 65.6 Å². The summed E-state index contributed by atoms with van der Waals surface area (Å²) in [6, 6.07) is 18.5. The maximum atomic E-state index is 13.2. The first-order valence-electron chi connectivity index (χ1n) is 15.0. The fourth-order valence-corrected chi connectivity index (χ4v) is 7.16. The molecule has 1 amide bonds. The van der Waals surface area contributed by atoms with Crippen LogP contribution in [0.15, 0.2) is 97.2 Å². The third kappa shape index (κ3) is 7.11. The second-order valence-electron chi connectivity index (χ2n) is 10.6. The average molecular weight is 608 g/mol. The van der Waals surface area contributed by atoms with Crippen LogP contribution in [0, 0.1) is 6.92 Å². The molecule has 44 heavy (non-hydrogen) atoms. The average Bonchev–Trinajstić information content (AvgIpc) is 3.45. The molecule has 0 saturated carbocycles. The first-order chi connectivity index (χ1) is 21.4. The van der Waals surface area contributed by atoms with Crippen molar-refractivity contribution in [3.63, 3.8) is 0 Å². The highest BCUT2D eigenvalue weighted by Gasteiger charge is 2.34. The van der Waals surface area contributed by atoms with Crippen LogP contribution in [-0.4, -0.2) is 45.6 Å². The van der Waals surface area contributed by atoms with E-state index in [1.807, 2.05) is 92.2 Å². The minimum Gasteiger partial charge on any atom is -0.307 e. The van der Waals surface area contributed by atoms with E-state index in [9.17, 15) is 13.2 Å². The summed E-state index contributed by atoms with van der Waals surface area (Å²) in [5.74, 6) is 0.459. The molecule has 8 nitrogen and oxygen atoms in total. The van der Waals surface area contributed by atoms with Crippen molar-refractivity contribution >= 4 is 27.1 Å². The summed E-state index contributed by atoms with van der Waals surface area (Å²) >= 11 is 0. The molecule has 4 heterocycles. The summed E-state index contributed by atoms with van der Waals surface area (Å²) < 4.78 is 27.0. The Hall–Kier alpha value is -4.63. The molecule has 1 atom stereocenters. The number of allylic oxidation sites excluding steroid dienone is 6. The number of hydrogen-bond donors (Lipinski definition) is 1. The number of carbonyl (C=O) groups excluding carboxylic acids is 1. The van der Waals surface area contributed by atoms with Crippen molar-refractivity contribution in [2.75, 3.05) is 16.8 Å². The van der Waals surface area contributed by atoms with Crippen molar-refractivity contribution in [2.45, 2.75) is 46.1 Å². The molecule has 1 aliphatic heterocycles. The zero-order valence-electron chi connectivity index (χ0n) is 25.3. The van der Waals surface area contributed by atoms with Crippen LogP contribution in [-0.2, 0) is 16.3 Å². The molecule has 0 bridgehead atoms. The van der Waals surface area contributed by atoms with Crippen LogP contribution >= 0.6 is 0 Å². The number of rotatable bonds is 7. The van der Waals surface area contributed by atoms with E-state index in [-0.39, 0.29) is 23.5 Å². The van der Waals surface area contributed by atoms with Crippen molar-refractivity contribution < 1.29 is 13.2 Å². The number of anilines is 1. The van der Waals surface area contributed by atoms with E-state index in [2.05, 4.69) is 27.4 Å². The molecule has 4 aromatic rings. The Balaban J connectivity index is 0.00000188. The zero-order valence-corrected chi connectivity index (χ0v) is 26.1. The standard InChI is InChI=1S/C33H31N5O3S.C2H6/c1-23-10-8-16-30(35-23)36-33(39)26-14-9-11-24(20-26)21-28-31(29-15-6-7-18-34-29)37-38(27-17-19-42(40,41)22-27)32(28)25-12-4-2-3-5-13-25;1-2/h2-4,6-16,18,20,27H,5,17,19,21-22H2,1H3,(H,35,36,39);1-2H3. The summed E-state index contributed by atoms with van der Waals surface area (Å²) in [6.07, 6.45) is 13.7. The third-order valence-electron chi connectivity index (χ3n) is 7.44. The molecule has 1 saturated heterocycles. The predicted molar refractivity (Wildman–Crippen MR) is 176 cm³/mol. The molecule has 226 valence electrons. The summed E-state index contributed by atoms with van der Waals surface area (Å²) in [5.41, 5.74) is 6.49. The van der Waals surface area contributed by atoms with Crippen LogP contribution in [0.25, 0.3) is 17.0 Å². The Kier molecular flexibility index (Phi) is 9.65. The molecule has 1 unspecified atom stereocenters. The quantitative estimate of drug-likeness (QED) is 0.248. The predicted octanol–water partition coefficient (Wildman–Crippen LogP) is 6.78. The van der Waals surface area contributed by atoms with Gasteiger partial charge in [-0.2, -0.15) is 5.10 Å². The highest BCUT2D eigenvalue weighted by molar-refractivity contribution is 7.91. The minimum absolute atomic E-state index is 0.0562. The van der Waals surface area contributed by atoms with Gasteiger partial charge in [0.25, 0.3) is 5.91 Å². The maximum absolute atomic E-state index is 13.2. The first kappa shape index (κ1) is 30.8. The second-order valence-corrected chi connectivity index (χ2v) is 12.8. The smallest absolute Gasteiger partial charge is 0.256 e. The number of aryl methyl sites for hydroxylation is 1. The van der Waals surface area contributed by atoms with E-state index in [1.165, 1.54) is 0 Å². The van der Waals surface area contributed by atoms with E-state index in [4.69, 9.17) is 5.10 Å². The van der Waals surface area contributed by atoms with Gasteiger partial charge in [0.1, 0.15) is 11.5 Å². The molecule has 3 aromatic heterocycles. The number of amides is 1. The monoisotopic (exact) mass is 607 g/mol. The number of hydrogen-bond acceptors (Lipinski definition) is 6. The van der Waals surface area contributed by atoms with E-state index in [0.29, 0.717) is 35.6 Å². The Morgan fingerprint density at radius 1 is 1.05 bits per heavy atom. The van der Waals surface area contributed by atoms with Gasteiger partial charge in [-0.1, -0.05) is 68.5 Å². The summed E-state index contributed by atoms with van der Waals surface area (Å²) in [6.45, 7) is 5.88. The van der Waals surface area contributed by atoms with Crippen LogP contribution in [0.4, 0.5) is 5.82 Å². The largest absolute Gasteiger partial charge is 0.307 e.